The van der Waals surface area contributed by atoms with Crippen LogP contribution in [-0.4, -0.2) is 68.6 Å². The van der Waals surface area contributed by atoms with E-state index in [0.717, 1.165) is 5.56 Å². The maximum atomic E-state index is 12.5. The Bertz CT molecular complexity index is 925. The van der Waals surface area contributed by atoms with Crippen LogP contribution in [0.4, 0.5) is 5.69 Å². The van der Waals surface area contributed by atoms with Crippen LogP contribution in [0.2, 0.25) is 0 Å². The van der Waals surface area contributed by atoms with Crippen LogP contribution in [-0.2, 0) is 40.6 Å². The van der Waals surface area contributed by atoms with Crippen molar-refractivity contribution in [3.8, 4) is 0 Å². The third-order valence-electron chi connectivity index (χ3n) is 4.02. The second-order valence-electron chi connectivity index (χ2n) is 7.75. The summed E-state index contributed by atoms with van der Waals surface area (Å²) >= 11 is 0. The highest BCUT2D eigenvalue weighted by Gasteiger charge is 2.26. The van der Waals surface area contributed by atoms with Crippen LogP contribution >= 0.6 is 0 Å². The van der Waals surface area contributed by atoms with Gasteiger partial charge in [-0.25, -0.2) is 0 Å². The number of ether oxygens (including phenoxy) is 1. The summed E-state index contributed by atoms with van der Waals surface area (Å²) in [6.07, 6.45) is 0.715. The van der Waals surface area contributed by atoms with Gasteiger partial charge in [0.25, 0.3) is 10.1 Å². The molecule has 0 fully saturated rings. The smallest absolute Gasteiger partial charge is 0.302 e. The normalized spacial score (nSPS) is 12.5. The standard InChI is InChI=1S/C20H30N4O5.CH4O3S/c1-12(2)18(24-17(26)10-21-5)20(28)22-13(3)19(27)23-16-8-6-15(7-9-16)11-29-14(4)25;1-5(2,3)4/h6-9,12-13,18,21H,10-11H2,1-5H3,(H,22,28)(H,23,27)(H,24,26);1H3,(H,2,3,4)/t13-,18?;/m0./s1. The maximum Gasteiger partial charge on any atom is 0.302 e. The van der Waals surface area contributed by atoms with Crippen molar-refractivity contribution in [1.82, 2.24) is 16.0 Å². The van der Waals surface area contributed by atoms with Gasteiger partial charge in [-0.15, -0.1) is 0 Å². The summed E-state index contributed by atoms with van der Waals surface area (Å²) < 4.78 is 30.8. The third-order valence-corrected chi connectivity index (χ3v) is 4.02. The van der Waals surface area contributed by atoms with Gasteiger partial charge in [-0.1, -0.05) is 26.0 Å². The van der Waals surface area contributed by atoms with Crippen molar-refractivity contribution in [3.63, 3.8) is 0 Å². The van der Waals surface area contributed by atoms with E-state index in [1.54, 1.807) is 38.2 Å². The Kier molecular flexibility index (Phi) is 13.6. The summed E-state index contributed by atoms with van der Waals surface area (Å²) in [5, 5.41) is 10.7. The number of amides is 3. The number of carbonyl (C=O) groups excluding carboxylic acids is 4. The largest absolute Gasteiger partial charge is 0.461 e. The van der Waals surface area contributed by atoms with Gasteiger partial charge in [0.1, 0.15) is 18.7 Å². The molecule has 3 amide bonds. The summed E-state index contributed by atoms with van der Waals surface area (Å²) in [6.45, 7) is 6.78. The Morgan fingerprint density at radius 2 is 1.53 bits per heavy atom. The van der Waals surface area contributed by atoms with E-state index in [4.69, 9.17) is 9.29 Å². The second-order valence-corrected chi connectivity index (χ2v) is 9.22. The Labute approximate surface area is 199 Å². The molecule has 12 nitrogen and oxygen atoms in total. The van der Waals surface area contributed by atoms with Gasteiger partial charge in [0, 0.05) is 12.6 Å². The third kappa shape index (κ3) is 14.9. The van der Waals surface area contributed by atoms with Gasteiger partial charge in [0.15, 0.2) is 0 Å². The molecule has 0 bridgehead atoms. The van der Waals surface area contributed by atoms with E-state index in [9.17, 15) is 27.6 Å². The molecule has 0 spiro atoms. The molecule has 34 heavy (non-hydrogen) atoms. The van der Waals surface area contributed by atoms with Crippen molar-refractivity contribution in [2.24, 2.45) is 5.92 Å². The number of hydrogen-bond acceptors (Lipinski definition) is 8. The Balaban J connectivity index is 0.00000196. The second kappa shape index (κ2) is 15.0. The molecule has 1 rings (SSSR count). The molecule has 5 N–H and O–H groups in total. The number of nitrogens with one attached hydrogen (secondary N) is 4. The summed E-state index contributed by atoms with van der Waals surface area (Å²) in [5.74, 6) is -1.63. The van der Waals surface area contributed by atoms with Gasteiger partial charge in [-0.2, -0.15) is 8.42 Å². The number of likely N-dealkylation sites (N-methyl/N-ethyl adjacent to an activating group) is 1. The lowest BCUT2D eigenvalue weighted by atomic mass is 10.0. The first-order chi connectivity index (χ1) is 15.6. The van der Waals surface area contributed by atoms with Gasteiger partial charge in [0.2, 0.25) is 17.7 Å². The zero-order chi connectivity index (χ0) is 26.5. The van der Waals surface area contributed by atoms with Crippen molar-refractivity contribution in [1.29, 1.82) is 0 Å². The molecular formula is C21H34N4O8S. The molecule has 0 aliphatic carbocycles. The SMILES string of the molecule is CNCC(=O)NC(C(=O)N[C@@H](C)C(=O)Nc1ccc(COC(C)=O)cc1)C(C)C.CS(=O)(=O)O. The molecule has 192 valence electrons. The highest BCUT2D eigenvalue weighted by atomic mass is 32.2. The van der Waals surface area contributed by atoms with Crippen LogP contribution < -0.4 is 21.3 Å². The molecule has 0 radical (unpaired) electrons. The van der Waals surface area contributed by atoms with E-state index in [1.807, 2.05) is 13.8 Å². The molecule has 0 aromatic heterocycles. The fourth-order valence-corrected chi connectivity index (χ4v) is 2.41. The van der Waals surface area contributed by atoms with Gasteiger partial charge in [-0.05, 0) is 37.6 Å². The van der Waals surface area contributed by atoms with E-state index in [2.05, 4.69) is 21.3 Å². The number of hydrogen-bond donors (Lipinski definition) is 5. The molecule has 0 saturated carbocycles. The van der Waals surface area contributed by atoms with Crippen molar-refractivity contribution >= 4 is 39.5 Å². The van der Waals surface area contributed by atoms with E-state index in [0.29, 0.717) is 11.9 Å². The van der Waals surface area contributed by atoms with Gasteiger partial charge in [-0.3, -0.25) is 23.7 Å². The summed E-state index contributed by atoms with van der Waals surface area (Å²) in [4.78, 5) is 47.5. The first kappa shape index (κ1) is 31.0. The van der Waals surface area contributed by atoms with Crippen LogP contribution in [0.3, 0.4) is 0 Å². The molecular weight excluding hydrogens is 468 g/mol. The van der Waals surface area contributed by atoms with E-state index < -0.39 is 34.0 Å². The summed E-state index contributed by atoms with van der Waals surface area (Å²) in [6, 6.07) is 5.28. The average molecular weight is 503 g/mol. The predicted octanol–water partition coefficient (Wildman–Crippen LogP) is 0.0571. The quantitative estimate of drug-likeness (QED) is 0.218. The average Bonchev–Trinajstić information content (AvgIpc) is 2.70. The molecule has 2 atom stereocenters. The first-order valence-electron chi connectivity index (χ1n) is 10.3. The molecule has 0 aliphatic heterocycles. The molecule has 0 saturated heterocycles. The zero-order valence-corrected chi connectivity index (χ0v) is 21.0. The minimum absolute atomic E-state index is 0.0972. The Hall–Kier alpha value is -3.03. The van der Waals surface area contributed by atoms with Crippen LogP contribution in [0.5, 0.6) is 0 Å². The van der Waals surface area contributed by atoms with Crippen LogP contribution in [0.25, 0.3) is 0 Å². The maximum absolute atomic E-state index is 12.5. The predicted molar refractivity (Wildman–Crippen MR) is 126 cm³/mol. The van der Waals surface area contributed by atoms with Crippen molar-refractivity contribution in [2.75, 3.05) is 25.2 Å². The molecule has 1 aromatic carbocycles. The lowest BCUT2D eigenvalue weighted by Crippen LogP contribution is -2.54. The Morgan fingerprint density at radius 3 is 1.97 bits per heavy atom. The van der Waals surface area contributed by atoms with E-state index in [1.165, 1.54) is 6.92 Å². The highest BCUT2D eigenvalue weighted by Crippen LogP contribution is 2.11. The van der Waals surface area contributed by atoms with Crippen molar-refractivity contribution in [3.05, 3.63) is 29.8 Å². The highest BCUT2D eigenvalue weighted by molar-refractivity contribution is 7.85. The van der Waals surface area contributed by atoms with Crippen molar-refractivity contribution < 1.29 is 36.9 Å². The fourth-order valence-electron chi connectivity index (χ4n) is 2.41. The lowest BCUT2D eigenvalue weighted by molar-refractivity contribution is -0.142. The molecule has 0 heterocycles. The summed E-state index contributed by atoms with van der Waals surface area (Å²) in [7, 11) is -2.03. The monoisotopic (exact) mass is 502 g/mol. The van der Waals surface area contributed by atoms with E-state index >= 15 is 0 Å². The van der Waals surface area contributed by atoms with Gasteiger partial charge in [0.05, 0.1) is 12.8 Å². The van der Waals surface area contributed by atoms with Crippen molar-refractivity contribution in [2.45, 2.75) is 46.4 Å². The number of esters is 1. The van der Waals surface area contributed by atoms with Crippen LogP contribution in [0, 0.1) is 5.92 Å². The van der Waals surface area contributed by atoms with E-state index in [-0.39, 0.29) is 30.9 Å². The number of rotatable bonds is 10. The Morgan fingerprint density at radius 1 is 1.00 bits per heavy atom. The minimum atomic E-state index is -3.67. The van der Waals surface area contributed by atoms with Crippen LogP contribution in [0.15, 0.2) is 24.3 Å². The number of benzene rings is 1. The lowest BCUT2D eigenvalue weighted by Gasteiger charge is -2.23. The van der Waals surface area contributed by atoms with Crippen LogP contribution in [0.1, 0.15) is 33.3 Å². The topological polar surface area (TPSA) is 180 Å². The first-order valence-corrected chi connectivity index (χ1v) is 12.2. The van der Waals surface area contributed by atoms with Gasteiger partial charge >= 0.3 is 5.97 Å². The molecule has 13 heteroatoms. The fraction of sp³-hybridized carbons (Fsp3) is 0.524. The molecule has 1 unspecified atom stereocenters. The molecule has 1 aromatic rings. The van der Waals surface area contributed by atoms with Gasteiger partial charge < -0.3 is 26.0 Å². The molecule has 0 aliphatic rings. The zero-order valence-electron chi connectivity index (χ0n) is 20.2. The minimum Gasteiger partial charge on any atom is -0.461 e. The number of anilines is 1. The number of carbonyl (C=O) groups is 4. The summed E-state index contributed by atoms with van der Waals surface area (Å²) in [5.41, 5.74) is 1.34.